The van der Waals surface area contributed by atoms with Crippen molar-refractivity contribution >= 4 is 6.09 Å². The molecule has 3 saturated heterocycles. The van der Waals surface area contributed by atoms with E-state index in [4.69, 9.17) is 0 Å². The fourth-order valence-corrected chi connectivity index (χ4v) is 5.97. The van der Waals surface area contributed by atoms with E-state index in [9.17, 15) is 44.3 Å². The molecule has 5 nitrogen and oxygen atoms in total. The highest BCUT2D eigenvalue weighted by Crippen LogP contribution is 2.42. The molecular formula is C26H32F9N3O2. The van der Waals surface area contributed by atoms with Gasteiger partial charge >= 0.3 is 24.6 Å². The Morgan fingerprint density at radius 2 is 1.27 bits per heavy atom. The van der Waals surface area contributed by atoms with E-state index >= 15 is 0 Å². The first-order valence-corrected chi connectivity index (χ1v) is 13.3. The Kier molecular flexibility index (Phi) is 8.89. The lowest BCUT2D eigenvalue weighted by molar-refractivity contribution is -0.308. The van der Waals surface area contributed by atoms with Gasteiger partial charge < -0.3 is 9.64 Å². The smallest absolute Gasteiger partial charge is 0.426 e. The normalized spacial score (nSPS) is 21.4. The van der Waals surface area contributed by atoms with Crippen LogP contribution in [-0.4, -0.2) is 78.5 Å². The van der Waals surface area contributed by atoms with Crippen LogP contribution in [0.1, 0.15) is 55.2 Å². The number of amides is 1. The Bertz CT molecular complexity index is 1010. The number of ether oxygens (including phenoxy) is 1. The van der Waals surface area contributed by atoms with Gasteiger partial charge in [0.15, 0.2) is 0 Å². The van der Waals surface area contributed by atoms with Gasteiger partial charge in [-0.3, -0.25) is 9.80 Å². The van der Waals surface area contributed by atoms with Crippen molar-refractivity contribution in [1.82, 2.24) is 14.7 Å². The maximum Gasteiger partial charge on any atom is 0.434 e. The molecule has 3 heterocycles. The van der Waals surface area contributed by atoms with Crippen LogP contribution < -0.4 is 0 Å². The minimum atomic E-state index is -5.78. The van der Waals surface area contributed by atoms with Gasteiger partial charge in [-0.25, -0.2) is 4.79 Å². The fraction of sp³-hybridized carbons (Fsp3) is 0.731. The summed E-state index contributed by atoms with van der Waals surface area (Å²) in [6, 6.07) is 4.15. The first kappa shape index (κ1) is 30.7. The third-order valence-electron chi connectivity index (χ3n) is 8.05. The average molecular weight is 590 g/mol. The lowest BCUT2D eigenvalue weighted by Gasteiger charge is -2.39. The van der Waals surface area contributed by atoms with E-state index in [1.165, 1.54) is 6.07 Å². The molecule has 14 heteroatoms. The molecule has 3 aliphatic heterocycles. The molecule has 1 amide bonds. The second-order valence-electron chi connectivity index (χ2n) is 11.2. The molecule has 226 valence electrons. The number of carbonyl (C=O) groups excluding carboxylic acids is 1. The van der Waals surface area contributed by atoms with E-state index in [0.29, 0.717) is 50.0 Å². The number of alkyl halides is 9. The van der Waals surface area contributed by atoms with Gasteiger partial charge in [-0.15, -0.1) is 0 Å². The third kappa shape index (κ3) is 7.74. The number of carbonyl (C=O) groups is 1. The molecular weight excluding hydrogens is 557 g/mol. The molecule has 0 saturated carbocycles. The highest BCUT2D eigenvalue weighted by molar-refractivity contribution is 5.68. The second-order valence-corrected chi connectivity index (χ2v) is 11.2. The van der Waals surface area contributed by atoms with Crippen LogP contribution in [0.2, 0.25) is 0 Å². The zero-order valence-electron chi connectivity index (χ0n) is 21.8. The zero-order valence-corrected chi connectivity index (χ0v) is 21.8. The van der Waals surface area contributed by atoms with Gasteiger partial charge in [0.2, 0.25) is 0 Å². The minimum Gasteiger partial charge on any atom is -0.426 e. The van der Waals surface area contributed by atoms with Gasteiger partial charge in [0.05, 0.1) is 5.56 Å². The largest absolute Gasteiger partial charge is 0.434 e. The molecule has 0 radical (unpaired) electrons. The molecule has 0 atom stereocenters. The SMILES string of the molecule is O=C(OC(C(F)(F)F)C(F)(F)F)N1CCC2(CCN(Cc3cc(CN4CCCCC4)cc(C(F)(F)F)c3)C2)CC1. The summed E-state index contributed by atoms with van der Waals surface area (Å²) in [6.07, 6.45) is -17.4. The number of benzene rings is 1. The van der Waals surface area contributed by atoms with Crippen molar-refractivity contribution in [3.8, 4) is 0 Å². The van der Waals surface area contributed by atoms with Crippen LogP contribution in [-0.2, 0) is 24.0 Å². The molecule has 4 rings (SSSR count). The van der Waals surface area contributed by atoms with Crippen LogP contribution in [0.4, 0.5) is 44.3 Å². The van der Waals surface area contributed by atoms with Crippen LogP contribution in [0.3, 0.4) is 0 Å². The Hall–Kier alpha value is -2.22. The molecule has 0 unspecified atom stereocenters. The highest BCUT2D eigenvalue weighted by atomic mass is 19.4. The van der Waals surface area contributed by atoms with E-state index in [1.54, 1.807) is 6.07 Å². The average Bonchev–Trinajstić information content (AvgIpc) is 3.23. The Labute approximate surface area is 226 Å². The van der Waals surface area contributed by atoms with Gasteiger partial charge in [0.25, 0.3) is 6.10 Å². The minimum absolute atomic E-state index is 0.0708. The highest BCUT2D eigenvalue weighted by Gasteiger charge is 2.60. The molecule has 0 aliphatic carbocycles. The third-order valence-corrected chi connectivity index (χ3v) is 8.05. The second kappa shape index (κ2) is 11.6. The van der Waals surface area contributed by atoms with E-state index in [1.807, 2.05) is 4.90 Å². The van der Waals surface area contributed by atoms with Crippen LogP contribution in [0.15, 0.2) is 18.2 Å². The van der Waals surface area contributed by atoms with Crippen molar-refractivity contribution in [3.63, 3.8) is 0 Å². The molecule has 3 aliphatic rings. The summed E-state index contributed by atoms with van der Waals surface area (Å²) in [4.78, 5) is 17.1. The van der Waals surface area contributed by atoms with Crippen LogP contribution in [0.5, 0.6) is 0 Å². The van der Waals surface area contributed by atoms with Crippen molar-refractivity contribution in [2.75, 3.05) is 39.3 Å². The van der Waals surface area contributed by atoms with E-state index < -0.39 is 36.3 Å². The number of rotatable bonds is 5. The summed E-state index contributed by atoms with van der Waals surface area (Å²) in [5.41, 5.74) is 0.102. The maximum absolute atomic E-state index is 13.6. The van der Waals surface area contributed by atoms with E-state index in [2.05, 4.69) is 9.64 Å². The first-order chi connectivity index (χ1) is 18.5. The summed E-state index contributed by atoms with van der Waals surface area (Å²) in [5.74, 6) is 0. The number of hydrogen-bond donors (Lipinski definition) is 0. The molecule has 1 aromatic rings. The predicted octanol–water partition coefficient (Wildman–Crippen LogP) is 6.61. The van der Waals surface area contributed by atoms with Crippen LogP contribution in [0, 0.1) is 5.41 Å². The Balaban J connectivity index is 1.36. The van der Waals surface area contributed by atoms with Gasteiger partial charge in [0, 0.05) is 32.7 Å². The summed E-state index contributed by atoms with van der Waals surface area (Å²) in [6.45, 7) is 3.35. The topological polar surface area (TPSA) is 36.0 Å². The van der Waals surface area contributed by atoms with Crippen molar-refractivity contribution in [3.05, 3.63) is 34.9 Å². The fourth-order valence-electron chi connectivity index (χ4n) is 5.97. The van der Waals surface area contributed by atoms with Gasteiger partial charge in [-0.2, -0.15) is 39.5 Å². The van der Waals surface area contributed by atoms with Gasteiger partial charge in [-0.1, -0.05) is 12.5 Å². The Morgan fingerprint density at radius 3 is 1.80 bits per heavy atom. The van der Waals surface area contributed by atoms with Crippen molar-refractivity contribution in [2.45, 2.75) is 76.2 Å². The van der Waals surface area contributed by atoms with Gasteiger partial charge in [0.1, 0.15) is 0 Å². The lowest BCUT2D eigenvalue weighted by atomic mass is 9.78. The molecule has 40 heavy (non-hydrogen) atoms. The Morgan fingerprint density at radius 1 is 0.750 bits per heavy atom. The molecule has 0 aromatic heterocycles. The van der Waals surface area contributed by atoms with Crippen molar-refractivity contribution < 1.29 is 49.0 Å². The van der Waals surface area contributed by atoms with Crippen molar-refractivity contribution in [1.29, 1.82) is 0 Å². The number of piperidine rings is 2. The molecule has 1 aromatic carbocycles. The number of nitrogens with zero attached hydrogens (tertiary/aromatic N) is 3. The van der Waals surface area contributed by atoms with Crippen LogP contribution >= 0.6 is 0 Å². The quantitative estimate of drug-likeness (QED) is 0.363. The standard InChI is InChI=1S/C26H32F9N3O2/c27-24(28,29)20-13-18(15-36-7-2-1-3-8-36)12-19(14-20)16-37-9-4-23(17-37)5-10-38(11-6-23)22(39)40-21(25(30,31)32)26(33,34)35/h12-14,21H,1-11,15-17H2. The maximum atomic E-state index is 13.6. The number of hydrogen-bond acceptors (Lipinski definition) is 4. The zero-order chi connectivity index (χ0) is 29.3. The molecule has 3 fully saturated rings. The number of halogens is 9. The summed E-state index contributed by atoms with van der Waals surface area (Å²) in [7, 11) is 0. The molecule has 0 N–H and O–H groups in total. The van der Waals surface area contributed by atoms with E-state index in [-0.39, 0.29) is 25.0 Å². The summed E-state index contributed by atoms with van der Waals surface area (Å²) >= 11 is 0. The summed E-state index contributed by atoms with van der Waals surface area (Å²) < 4.78 is 121. The van der Waals surface area contributed by atoms with Crippen LogP contribution in [0.25, 0.3) is 0 Å². The predicted molar refractivity (Wildman–Crippen MR) is 126 cm³/mol. The lowest BCUT2D eigenvalue weighted by Crippen LogP contribution is -2.50. The van der Waals surface area contributed by atoms with E-state index in [0.717, 1.165) is 43.3 Å². The van der Waals surface area contributed by atoms with Gasteiger partial charge in [-0.05, 0) is 80.4 Å². The molecule has 1 spiro atoms. The molecule has 0 bridgehead atoms. The number of likely N-dealkylation sites (tertiary alicyclic amines) is 3. The monoisotopic (exact) mass is 589 g/mol. The van der Waals surface area contributed by atoms with Crippen molar-refractivity contribution in [2.24, 2.45) is 5.41 Å². The first-order valence-electron chi connectivity index (χ1n) is 13.3. The summed E-state index contributed by atoms with van der Waals surface area (Å²) in [5, 5.41) is 0.